The van der Waals surface area contributed by atoms with Crippen molar-refractivity contribution in [3.8, 4) is 0 Å². The number of carboxylic acids is 1. The zero-order chi connectivity index (χ0) is 15.6. The molecule has 1 amide bonds. The van der Waals surface area contributed by atoms with Gasteiger partial charge in [0.05, 0.1) is 11.3 Å². The van der Waals surface area contributed by atoms with Crippen molar-refractivity contribution >= 4 is 55.1 Å². The van der Waals surface area contributed by atoms with Gasteiger partial charge in [-0.15, -0.1) is 0 Å². The van der Waals surface area contributed by atoms with Crippen LogP contribution in [0.2, 0.25) is 0 Å². The van der Waals surface area contributed by atoms with Crippen LogP contribution >= 0.6 is 31.9 Å². The molecule has 0 spiro atoms. The van der Waals surface area contributed by atoms with E-state index in [9.17, 15) is 9.59 Å². The molecule has 2 rings (SSSR count). The average molecular weight is 414 g/mol. The number of carboxylic acid groups (broad SMARTS) is 1. The van der Waals surface area contributed by atoms with Gasteiger partial charge in [-0.3, -0.25) is 4.79 Å². The van der Waals surface area contributed by atoms with Crippen LogP contribution in [0.25, 0.3) is 0 Å². The molecule has 0 saturated heterocycles. The fourth-order valence-electron chi connectivity index (χ4n) is 1.67. The highest BCUT2D eigenvalue weighted by molar-refractivity contribution is 9.10. The summed E-state index contributed by atoms with van der Waals surface area (Å²) >= 11 is 6.44. The number of halogens is 2. The Hall–Kier alpha value is -1.86. The Labute approximate surface area is 137 Å². The van der Waals surface area contributed by atoms with Crippen molar-refractivity contribution in [2.75, 3.05) is 11.1 Å². The van der Waals surface area contributed by atoms with E-state index in [-0.39, 0.29) is 11.3 Å². The maximum absolute atomic E-state index is 12.2. The summed E-state index contributed by atoms with van der Waals surface area (Å²) in [5, 5.41) is 11.7. The smallest absolute Gasteiger partial charge is 0.337 e. The van der Waals surface area contributed by atoms with Gasteiger partial charge in [0.15, 0.2) is 0 Å². The van der Waals surface area contributed by atoms with Gasteiger partial charge in [0.25, 0.3) is 5.91 Å². The van der Waals surface area contributed by atoms with Crippen LogP contribution in [0.15, 0.2) is 45.3 Å². The summed E-state index contributed by atoms with van der Waals surface area (Å²) in [6.45, 7) is 0. The van der Waals surface area contributed by atoms with Gasteiger partial charge >= 0.3 is 5.97 Å². The van der Waals surface area contributed by atoms with E-state index in [0.717, 1.165) is 0 Å². The van der Waals surface area contributed by atoms with Crippen molar-refractivity contribution in [1.82, 2.24) is 0 Å². The lowest BCUT2D eigenvalue weighted by Crippen LogP contribution is -2.15. The number of carbonyl (C=O) groups is 2. The van der Waals surface area contributed by atoms with Gasteiger partial charge in [0, 0.05) is 20.2 Å². The molecule has 0 atom stereocenters. The number of anilines is 2. The molecule has 21 heavy (non-hydrogen) atoms. The lowest BCUT2D eigenvalue weighted by atomic mass is 10.1. The molecule has 0 saturated carbocycles. The highest BCUT2D eigenvalue weighted by Crippen LogP contribution is 2.24. The van der Waals surface area contributed by atoms with E-state index in [0.29, 0.717) is 20.2 Å². The van der Waals surface area contributed by atoms with E-state index in [1.54, 1.807) is 24.3 Å². The molecule has 5 nitrogen and oxygen atoms in total. The minimum atomic E-state index is -1.12. The Morgan fingerprint density at radius 3 is 2.43 bits per heavy atom. The van der Waals surface area contributed by atoms with Gasteiger partial charge < -0.3 is 16.2 Å². The van der Waals surface area contributed by atoms with Crippen LogP contribution in [-0.4, -0.2) is 17.0 Å². The molecule has 0 heterocycles. The molecule has 0 bridgehead atoms. The van der Waals surface area contributed by atoms with Gasteiger partial charge in [-0.05, 0) is 52.3 Å². The van der Waals surface area contributed by atoms with Crippen LogP contribution < -0.4 is 11.1 Å². The monoisotopic (exact) mass is 412 g/mol. The molecule has 0 fully saturated rings. The first-order valence-electron chi connectivity index (χ1n) is 5.77. The predicted octanol–water partition coefficient (Wildman–Crippen LogP) is 3.74. The standard InChI is InChI=1S/C14H10Br2N2O3/c15-8-2-4-12(9(6-8)14(20)21)18-13(19)7-1-3-11(17)10(16)5-7/h1-6H,17H2,(H,18,19)(H,20,21). The molecule has 2 aromatic rings. The molecule has 0 aliphatic rings. The summed E-state index contributed by atoms with van der Waals surface area (Å²) in [4.78, 5) is 23.4. The van der Waals surface area contributed by atoms with E-state index in [2.05, 4.69) is 37.2 Å². The molecular formula is C14H10Br2N2O3. The third-order valence-corrected chi connectivity index (χ3v) is 3.90. The zero-order valence-corrected chi connectivity index (χ0v) is 13.7. The maximum atomic E-state index is 12.2. The molecule has 0 aliphatic heterocycles. The molecule has 108 valence electrons. The van der Waals surface area contributed by atoms with Crippen molar-refractivity contribution in [3.05, 3.63) is 56.5 Å². The lowest BCUT2D eigenvalue weighted by molar-refractivity contribution is 0.0698. The maximum Gasteiger partial charge on any atom is 0.337 e. The van der Waals surface area contributed by atoms with Crippen LogP contribution in [0.1, 0.15) is 20.7 Å². The number of hydrogen-bond donors (Lipinski definition) is 3. The van der Waals surface area contributed by atoms with E-state index in [1.807, 2.05) is 0 Å². The van der Waals surface area contributed by atoms with Crippen molar-refractivity contribution in [2.45, 2.75) is 0 Å². The molecule has 4 N–H and O–H groups in total. The summed E-state index contributed by atoms with van der Waals surface area (Å²) in [5.74, 6) is -1.54. The van der Waals surface area contributed by atoms with Crippen LogP contribution in [0.3, 0.4) is 0 Å². The topological polar surface area (TPSA) is 92.4 Å². The van der Waals surface area contributed by atoms with Crippen LogP contribution in [-0.2, 0) is 0 Å². The Kier molecular flexibility index (Phi) is 4.64. The SMILES string of the molecule is Nc1ccc(C(=O)Nc2ccc(Br)cc2C(=O)O)cc1Br. The van der Waals surface area contributed by atoms with Gasteiger partial charge in [0.1, 0.15) is 0 Å². The minimum absolute atomic E-state index is 0.00670. The van der Waals surface area contributed by atoms with Crippen molar-refractivity contribution < 1.29 is 14.7 Å². The Morgan fingerprint density at radius 1 is 1.10 bits per heavy atom. The second-order valence-electron chi connectivity index (χ2n) is 4.19. The van der Waals surface area contributed by atoms with E-state index in [1.165, 1.54) is 12.1 Å². The largest absolute Gasteiger partial charge is 0.478 e. The van der Waals surface area contributed by atoms with Gasteiger partial charge in [-0.25, -0.2) is 4.79 Å². The quantitative estimate of drug-likeness (QED) is 0.668. The molecule has 0 radical (unpaired) electrons. The number of amides is 1. The lowest BCUT2D eigenvalue weighted by Gasteiger charge is -2.09. The van der Waals surface area contributed by atoms with E-state index in [4.69, 9.17) is 10.8 Å². The van der Waals surface area contributed by atoms with Crippen molar-refractivity contribution in [1.29, 1.82) is 0 Å². The molecule has 2 aromatic carbocycles. The minimum Gasteiger partial charge on any atom is -0.478 e. The number of hydrogen-bond acceptors (Lipinski definition) is 3. The van der Waals surface area contributed by atoms with Gasteiger partial charge in [-0.1, -0.05) is 15.9 Å². The Morgan fingerprint density at radius 2 is 1.81 bits per heavy atom. The van der Waals surface area contributed by atoms with Crippen LogP contribution in [0, 0.1) is 0 Å². The number of aromatic carboxylic acids is 1. The first-order chi connectivity index (χ1) is 9.88. The van der Waals surface area contributed by atoms with Gasteiger partial charge in [0.2, 0.25) is 0 Å². The fraction of sp³-hybridized carbons (Fsp3) is 0. The van der Waals surface area contributed by atoms with E-state index < -0.39 is 11.9 Å². The van der Waals surface area contributed by atoms with E-state index >= 15 is 0 Å². The summed E-state index contributed by atoms with van der Waals surface area (Å²) in [5.41, 5.74) is 6.78. The number of rotatable bonds is 3. The Balaban J connectivity index is 2.31. The van der Waals surface area contributed by atoms with Crippen molar-refractivity contribution in [2.24, 2.45) is 0 Å². The predicted molar refractivity (Wildman–Crippen MR) is 87.6 cm³/mol. The number of benzene rings is 2. The highest BCUT2D eigenvalue weighted by atomic mass is 79.9. The number of nitrogen functional groups attached to an aromatic ring is 1. The van der Waals surface area contributed by atoms with Crippen molar-refractivity contribution in [3.63, 3.8) is 0 Å². The van der Waals surface area contributed by atoms with Crippen LogP contribution in [0.4, 0.5) is 11.4 Å². The first kappa shape index (κ1) is 15.5. The molecular weight excluding hydrogens is 404 g/mol. The Bertz CT molecular complexity index is 732. The first-order valence-corrected chi connectivity index (χ1v) is 7.36. The fourth-order valence-corrected chi connectivity index (χ4v) is 2.41. The summed E-state index contributed by atoms with van der Waals surface area (Å²) in [7, 11) is 0. The average Bonchev–Trinajstić information content (AvgIpc) is 2.43. The normalized spacial score (nSPS) is 10.2. The summed E-state index contributed by atoms with van der Waals surface area (Å²) in [6, 6.07) is 9.34. The molecule has 0 aliphatic carbocycles. The molecule has 0 aromatic heterocycles. The molecule has 7 heteroatoms. The second-order valence-corrected chi connectivity index (χ2v) is 5.96. The highest BCUT2D eigenvalue weighted by Gasteiger charge is 2.14. The second kappa shape index (κ2) is 6.28. The summed E-state index contributed by atoms with van der Waals surface area (Å²) < 4.78 is 1.22. The summed E-state index contributed by atoms with van der Waals surface area (Å²) in [6.07, 6.45) is 0. The molecule has 0 unspecified atom stereocenters. The number of nitrogens with two attached hydrogens (primary N) is 1. The van der Waals surface area contributed by atoms with Crippen LogP contribution in [0.5, 0.6) is 0 Å². The number of nitrogens with one attached hydrogen (secondary N) is 1. The van der Waals surface area contributed by atoms with Gasteiger partial charge in [-0.2, -0.15) is 0 Å². The third-order valence-electron chi connectivity index (χ3n) is 2.72. The number of carbonyl (C=O) groups excluding carboxylic acids is 1. The zero-order valence-electron chi connectivity index (χ0n) is 10.6. The third kappa shape index (κ3) is 3.62.